The van der Waals surface area contributed by atoms with Gasteiger partial charge in [-0.05, 0) is 93.6 Å². The highest BCUT2D eigenvalue weighted by atomic mass is 16.5. The lowest BCUT2D eigenvalue weighted by atomic mass is 9.32. The van der Waals surface area contributed by atoms with Crippen LogP contribution in [-0.4, -0.2) is 6.71 Å². The number of anilines is 3. The number of para-hydroxylation sites is 1. The van der Waals surface area contributed by atoms with Gasteiger partial charge in [0.2, 0.25) is 0 Å². The van der Waals surface area contributed by atoms with E-state index < -0.39 is 0 Å². The quantitative estimate of drug-likeness (QED) is 0.189. The van der Waals surface area contributed by atoms with Crippen molar-refractivity contribution in [2.75, 3.05) is 4.90 Å². The van der Waals surface area contributed by atoms with E-state index in [4.69, 9.17) is 9.15 Å². The van der Waals surface area contributed by atoms with Crippen LogP contribution in [0.3, 0.4) is 0 Å². The summed E-state index contributed by atoms with van der Waals surface area (Å²) in [7, 11) is 0. The molecule has 0 atom stereocenters. The standard InChI is InChI=1S/C43H28BNO2/c1-27-24-36-43-40(25-27)47-38-21-11-18-32(29-14-6-3-7-15-29)42(38)44(43)41-31(28-12-4-2-5-13-28)17-10-19-35(41)45(36)30-22-23-34-33-16-8-9-20-37(33)46-39(34)26-30/h2-26H,1H3. The molecule has 0 amide bonds. The molecule has 47 heavy (non-hydrogen) atoms. The van der Waals surface area contributed by atoms with E-state index in [1.807, 2.05) is 12.1 Å². The second kappa shape index (κ2) is 10.0. The van der Waals surface area contributed by atoms with Gasteiger partial charge in [-0.2, -0.15) is 0 Å². The minimum absolute atomic E-state index is 0.0432. The van der Waals surface area contributed by atoms with Crippen LogP contribution in [0.15, 0.2) is 156 Å². The van der Waals surface area contributed by atoms with Crippen LogP contribution >= 0.6 is 0 Å². The predicted octanol–water partition coefficient (Wildman–Crippen LogP) is 9.63. The summed E-state index contributed by atoms with van der Waals surface area (Å²) in [6.45, 7) is 2.11. The van der Waals surface area contributed by atoms with E-state index in [-0.39, 0.29) is 6.71 Å². The molecule has 8 aromatic rings. The molecule has 0 spiro atoms. The van der Waals surface area contributed by atoms with Crippen molar-refractivity contribution in [1.29, 1.82) is 0 Å². The molecule has 0 N–H and O–H groups in total. The van der Waals surface area contributed by atoms with E-state index in [0.717, 1.165) is 56.1 Å². The molecule has 0 saturated carbocycles. The number of aryl methyl sites for hydroxylation is 1. The SMILES string of the molecule is Cc1cc2c3c(c1)N(c1ccc4c(c1)oc1ccccc14)c1cccc(-c4ccccc4)c1B3c1c(cccc1-c1ccccc1)O2. The molecule has 0 radical (unpaired) electrons. The number of fused-ring (bicyclic) bond motifs is 7. The van der Waals surface area contributed by atoms with Gasteiger partial charge in [-0.25, -0.2) is 0 Å². The Morgan fingerprint density at radius 2 is 1.17 bits per heavy atom. The second-order valence-electron chi connectivity index (χ2n) is 12.5. The van der Waals surface area contributed by atoms with Crippen molar-refractivity contribution in [3.63, 3.8) is 0 Å². The highest BCUT2D eigenvalue weighted by molar-refractivity contribution is 7.00. The number of hydrogen-bond acceptors (Lipinski definition) is 3. The van der Waals surface area contributed by atoms with Gasteiger partial charge in [0.05, 0.1) is 0 Å². The Morgan fingerprint density at radius 1 is 0.489 bits per heavy atom. The Balaban J connectivity index is 1.31. The van der Waals surface area contributed by atoms with Gasteiger partial charge in [-0.15, -0.1) is 0 Å². The number of furan rings is 1. The van der Waals surface area contributed by atoms with Crippen molar-refractivity contribution >= 4 is 62.1 Å². The minimum atomic E-state index is -0.0432. The Kier molecular flexibility index (Phi) is 5.59. The summed E-state index contributed by atoms with van der Waals surface area (Å²) in [6, 6.07) is 54.1. The van der Waals surface area contributed by atoms with Gasteiger partial charge in [0.1, 0.15) is 22.7 Å². The molecule has 0 aliphatic carbocycles. The lowest BCUT2D eigenvalue weighted by Crippen LogP contribution is -2.60. The van der Waals surface area contributed by atoms with E-state index in [9.17, 15) is 0 Å². The zero-order chi connectivity index (χ0) is 31.1. The van der Waals surface area contributed by atoms with Crippen LogP contribution in [0.1, 0.15) is 5.56 Å². The lowest BCUT2D eigenvalue weighted by Gasteiger charge is -2.41. The monoisotopic (exact) mass is 601 g/mol. The smallest absolute Gasteiger partial charge is 0.258 e. The lowest BCUT2D eigenvalue weighted by molar-refractivity contribution is 0.487. The summed E-state index contributed by atoms with van der Waals surface area (Å²) in [5, 5.41) is 2.25. The van der Waals surface area contributed by atoms with Gasteiger partial charge in [-0.1, -0.05) is 103 Å². The third-order valence-corrected chi connectivity index (χ3v) is 9.77. The van der Waals surface area contributed by atoms with Crippen molar-refractivity contribution < 1.29 is 9.15 Å². The molecule has 3 nitrogen and oxygen atoms in total. The normalized spacial score (nSPS) is 12.9. The van der Waals surface area contributed by atoms with E-state index in [2.05, 4.69) is 151 Å². The molecular formula is C43H28BNO2. The summed E-state index contributed by atoms with van der Waals surface area (Å²) in [6.07, 6.45) is 0. The maximum absolute atomic E-state index is 6.88. The molecule has 7 aromatic carbocycles. The number of benzene rings is 7. The first kappa shape index (κ1) is 26.2. The molecule has 10 rings (SSSR count). The summed E-state index contributed by atoms with van der Waals surface area (Å²) >= 11 is 0. The fraction of sp³-hybridized carbons (Fsp3) is 0.0233. The fourth-order valence-corrected chi connectivity index (χ4v) is 7.84. The van der Waals surface area contributed by atoms with Gasteiger partial charge >= 0.3 is 0 Å². The van der Waals surface area contributed by atoms with E-state index >= 15 is 0 Å². The molecule has 0 fully saturated rings. The first-order chi connectivity index (χ1) is 23.2. The maximum Gasteiger partial charge on any atom is 0.258 e. The number of rotatable bonds is 3. The summed E-state index contributed by atoms with van der Waals surface area (Å²) in [5.41, 5.74) is 14.7. The van der Waals surface area contributed by atoms with Gasteiger partial charge in [0.15, 0.2) is 0 Å². The minimum Gasteiger partial charge on any atom is -0.458 e. The van der Waals surface area contributed by atoms with Crippen LogP contribution < -0.4 is 26.0 Å². The maximum atomic E-state index is 6.88. The first-order valence-electron chi connectivity index (χ1n) is 16.1. The summed E-state index contributed by atoms with van der Waals surface area (Å²) in [4.78, 5) is 2.41. The van der Waals surface area contributed by atoms with Crippen molar-refractivity contribution in [1.82, 2.24) is 0 Å². The van der Waals surface area contributed by atoms with Gasteiger partial charge < -0.3 is 14.1 Å². The van der Waals surface area contributed by atoms with Crippen LogP contribution in [0.25, 0.3) is 44.2 Å². The van der Waals surface area contributed by atoms with E-state index in [1.54, 1.807) is 0 Å². The molecule has 0 unspecified atom stereocenters. The van der Waals surface area contributed by atoms with Crippen LogP contribution in [0, 0.1) is 6.92 Å². The Bertz CT molecular complexity index is 2520. The van der Waals surface area contributed by atoms with Crippen LogP contribution in [-0.2, 0) is 0 Å². The molecule has 1 aromatic heterocycles. The second-order valence-corrected chi connectivity index (χ2v) is 12.5. The van der Waals surface area contributed by atoms with E-state index in [0.29, 0.717) is 0 Å². The Hall–Kier alpha value is -6.00. The Morgan fingerprint density at radius 3 is 1.96 bits per heavy atom. The fourth-order valence-electron chi connectivity index (χ4n) is 7.84. The van der Waals surface area contributed by atoms with Crippen molar-refractivity contribution in [3.8, 4) is 33.8 Å². The topological polar surface area (TPSA) is 25.6 Å². The molecule has 3 heterocycles. The van der Waals surface area contributed by atoms with Crippen molar-refractivity contribution in [2.45, 2.75) is 6.92 Å². The average Bonchev–Trinajstić information content (AvgIpc) is 3.49. The van der Waals surface area contributed by atoms with Crippen LogP contribution in [0.4, 0.5) is 17.1 Å². The third kappa shape index (κ3) is 3.88. The Labute approximate surface area is 273 Å². The number of ether oxygens (including phenoxy) is 1. The number of nitrogens with zero attached hydrogens (tertiary/aromatic N) is 1. The van der Waals surface area contributed by atoms with Crippen molar-refractivity contribution in [3.05, 3.63) is 157 Å². The third-order valence-electron chi connectivity index (χ3n) is 9.77. The largest absolute Gasteiger partial charge is 0.458 e. The average molecular weight is 602 g/mol. The highest BCUT2D eigenvalue weighted by Crippen LogP contribution is 2.45. The summed E-state index contributed by atoms with van der Waals surface area (Å²) in [5.74, 6) is 1.82. The first-order valence-corrected chi connectivity index (χ1v) is 16.1. The number of hydrogen-bond donors (Lipinski definition) is 0. The van der Waals surface area contributed by atoms with Gasteiger partial charge in [0, 0.05) is 33.9 Å². The molecule has 0 bridgehead atoms. The van der Waals surface area contributed by atoms with Crippen molar-refractivity contribution in [2.24, 2.45) is 0 Å². The molecular weight excluding hydrogens is 573 g/mol. The zero-order valence-electron chi connectivity index (χ0n) is 25.8. The molecule has 0 saturated heterocycles. The summed E-state index contributed by atoms with van der Waals surface area (Å²) < 4.78 is 13.3. The molecule has 4 heteroatoms. The molecule has 220 valence electrons. The van der Waals surface area contributed by atoms with Crippen LogP contribution in [0.2, 0.25) is 0 Å². The van der Waals surface area contributed by atoms with E-state index in [1.165, 1.54) is 38.6 Å². The zero-order valence-corrected chi connectivity index (χ0v) is 25.8. The predicted molar refractivity (Wildman–Crippen MR) is 195 cm³/mol. The van der Waals surface area contributed by atoms with Crippen LogP contribution in [0.5, 0.6) is 11.5 Å². The van der Waals surface area contributed by atoms with Gasteiger partial charge in [-0.3, -0.25) is 0 Å². The molecule has 2 aliphatic heterocycles. The highest BCUT2D eigenvalue weighted by Gasteiger charge is 2.44. The van der Waals surface area contributed by atoms with Gasteiger partial charge in [0.25, 0.3) is 6.71 Å². The molecule has 2 aliphatic rings.